The van der Waals surface area contributed by atoms with Crippen LogP contribution in [0.15, 0.2) is 45.3 Å². The number of nitrogens with zero attached hydrogens (tertiary/aromatic N) is 3. The Bertz CT molecular complexity index is 797. The first-order chi connectivity index (χ1) is 8.83. The van der Waals surface area contributed by atoms with Gasteiger partial charge in [-0.3, -0.25) is 4.79 Å². The van der Waals surface area contributed by atoms with Gasteiger partial charge < -0.3 is 0 Å². The smallest absolute Gasteiger partial charge is 0.141 e. The molecule has 4 nitrogen and oxygen atoms in total. The molecule has 0 unspecified atom stereocenters. The fraction of sp³-hybridized carbons (Fsp3) is 0.143. The van der Waals surface area contributed by atoms with Gasteiger partial charge in [0.1, 0.15) is 16.8 Å². The summed E-state index contributed by atoms with van der Waals surface area (Å²) in [7, 11) is 0. The zero-order chi connectivity index (χ0) is 12.1. The highest BCUT2D eigenvalue weighted by Crippen LogP contribution is 2.30. The minimum Gasteiger partial charge on any atom is -0.299 e. The first-order valence-electron chi connectivity index (χ1n) is 5.88. The van der Waals surface area contributed by atoms with E-state index in [-0.39, 0.29) is 5.78 Å². The van der Waals surface area contributed by atoms with Gasteiger partial charge in [0.15, 0.2) is 0 Å². The van der Waals surface area contributed by atoms with Crippen molar-refractivity contribution >= 4 is 23.1 Å². The zero-order valence-corrected chi connectivity index (χ0v) is 9.55. The predicted molar refractivity (Wildman–Crippen MR) is 66.5 cm³/mol. The first kappa shape index (κ1) is 9.65. The van der Waals surface area contributed by atoms with Crippen LogP contribution in [0.1, 0.15) is 18.4 Å². The van der Waals surface area contributed by atoms with Crippen LogP contribution in [0.5, 0.6) is 0 Å². The van der Waals surface area contributed by atoms with Gasteiger partial charge in [-0.15, -0.1) is 10.2 Å². The molecule has 0 atom stereocenters. The van der Waals surface area contributed by atoms with Crippen molar-refractivity contribution in [3.05, 3.63) is 46.0 Å². The molecular weight excluding hydrogens is 226 g/mol. The Labute approximate surface area is 103 Å². The highest BCUT2D eigenvalue weighted by Gasteiger charge is 2.21. The molecule has 0 amide bonds. The average molecular weight is 235 g/mol. The summed E-state index contributed by atoms with van der Waals surface area (Å²) in [5, 5.41) is 13.6. The molecule has 1 aromatic rings. The number of allylic oxidation sites excluding steroid dienone is 3. The van der Waals surface area contributed by atoms with Gasteiger partial charge >= 0.3 is 0 Å². The molecule has 1 heterocycles. The molecule has 18 heavy (non-hydrogen) atoms. The van der Waals surface area contributed by atoms with E-state index < -0.39 is 0 Å². The maximum Gasteiger partial charge on any atom is 0.141 e. The van der Waals surface area contributed by atoms with Crippen molar-refractivity contribution in [3.8, 4) is 0 Å². The summed E-state index contributed by atoms with van der Waals surface area (Å²) in [6, 6.07) is 3.93. The normalized spacial score (nSPS) is 19.0. The van der Waals surface area contributed by atoms with E-state index in [4.69, 9.17) is 0 Å². The molecule has 0 saturated carbocycles. The number of ketones is 1. The molecule has 0 N–H and O–H groups in total. The fourth-order valence-electron chi connectivity index (χ4n) is 2.64. The Morgan fingerprint density at radius 3 is 3.11 bits per heavy atom. The first-order valence-corrected chi connectivity index (χ1v) is 5.88. The van der Waals surface area contributed by atoms with E-state index in [9.17, 15) is 4.79 Å². The molecule has 0 radical (unpaired) electrons. The Kier molecular flexibility index (Phi) is 1.78. The minimum absolute atomic E-state index is 0.254. The Morgan fingerprint density at radius 2 is 2.17 bits per heavy atom. The van der Waals surface area contributed by atoms with Crippen LogP contribution >= 0.6 is 0 Å². The van der Waals surface area contributed by atoms with Gasteiger partial charge in [-0.05, 0) is 33.7 Å². The summed E-state index contributed by atoms with van der Waals surface area (Å²) >= 11 is 0. The molecule has 4 rings (SSSR count). The van der Waals surface area contributed by atoms with Crippen LogP contribution in [0, 0.1) is 0 Å². The number of carbonyl (C=O) groups is 1. The summed E-state index contributed by atoms with van der Waals surface area (Å²) in [5.74, 6) is 0.254. The van der Waals surface area contributed by atoms with E-state index >= 15 is 0 Å². The second-order valence-electron chi connectivity index (χ2n) is 4.58. The third-order valence-corrected chi connectivity index (χ3v) is 3.48. The van der Waals surface area contributed by atoms with Crippen molar-refractivity contribution in [1.82, 2.24) is 0 Å². The van der Waals surface area contributed by atoms with Crippen LogP contribution in [0.4, 0.5) is 5.69 Å². The lowest BCUT2D eigenvalue weighted by atomic mass is 10.0. The number of benzene rings is 1. The lowest BCUT2D eigenvalue weighted by molar-refractivity contribution is -0.117. The van der Waals surface area contributed by atoms with E-state index in [0.717, 1.165) is 33.0 Å². The van der Waals surface area contributed by atoms with Crippen molar-refractivity contribution in [2.45, 2.75) is 12.8 Å². The maximum atomic E-state index is 11.7. The molecule has 0 spiro atoms. The SMILES string of the molecule is O=C1CC=CC2=Cc3c4c(ccc3=C2C1)=NN=N4. The van der Waals surface area contributed by atoms with E-state index in [0.29, 0.717) is 12.8 Å². The van der Waals surface area contributed by atoms with Crippen molar-refractivity contribution < 1.29 is 4.79 Å². The van der Waals surface area contributed by atoms with Crippen molar-refractivity contribution in [2.75, 3.05) is 0 Å². The summed E-state index contributed by atoms with van der Waals surface area (Å²) in [6.07, 6.45) is 7.06. The van der Waals surface area contributed by atoms with Crippen molar-refractivity contribution in [2.24, 2.45) is 15.4 Å². The second-order valence-corrected chi connectivity index (χ2v) is 4.58. The number of fused-ring (bicyclic) bond motifs is 4. The average Bonchev–Trinajstić information content (AvgIpc) is 2.90. The zero-order valence-electron chi connectivity index (χ0n) is 9.55. The molecule has 4 heteroatoms. The number of rotatable bonds is 0. The van der Waals surface area contributed by atoms with Gasteiger partial charge in [0.2, 0.25) is 0 Å². The Balaban J connectivity index is 2.08. The molecule has 0 bridgehead atoms. The third kappa shape index (κ3) is 1.20. The highest BCUT2D eigenvalue weighted by molar-refractivity contribution is 5.98. The summed E-state index contributed by atoms with van der Waals surface area (Å²) in [4.78, 5) is 11.7. The maximum absolute atomic E-state index is 11.7. The van der Waals surface area contributed by atoms with E-state index in [2.05, 4.69) is 21.5 Å². The van der Waals surface area contributed by atoms with Gasteiger partial charge in [-0.2, -0.15) is 0 Å². The van der Waals surface area contributed by atoms with Crippen LogP contribution in [-0.4, -0.2) is 5.78 Å². The molecule has 0 fully saturated rings. The van der Waals surface area contributed by atoms with Crippen LogP contribution in [-0.2, 0) is 4.79 Å². The number of hydrogen-bond donors (Lipinski definition) is 0. The van der Waals surface area contributed by atoms with E-state index in [1.54, 1.807) is 0 Å². The van der Waals surface area contributed by atoms with Crippen LogP contribution in [0.25, 0.3) is 11.6 Å². The standard InChI is InChI=1S/C14H9N3O/c18-9-3-1-2-8-6-12-10(11(8)7-9)4-5-13-14(12)16-17-15-13/h1-2,4-6H,3,7H2. The minimum atomic E-state index is 0.254. The van der Waals surface area contributed by atoms with Crippen molar-refractivity contribution in [1.29, 1.82) is 0 Å². The fourth-order valence-corrected chi connectivity index (χ4v) is 2.64. The number of hydrogen-bond acceptors (Lipinski definition) is 4. The lowest BCUT2D eigenvalue weighted by Gasteiger charge is -2.00. The molecule has 3 aliphatic rings. The number of Topliss-reactive ketones (excluding diaryl/α,β-unsaturated/α-hetero) is 1. The molecule has 86 valence electrons. The summed E-state index contributed by atoms with van der Waals surface area (Å²) in [6.45, 7) is 0. The van der Waals surface area contributed by atoms with Gasteiger partial charge in [-0.25, -0.2) is 0 Å². The van der Waals surface area contributed by atoms with Gasteiger partial charge in [-0.1, -0.05) is 18.2 Å². The van der Waals surface area contributed by atoms with Gasteiger partial charge in [0.05, 0.1) is 0 Å². The molecule has 1 aromatic carbocycles. The van der Waals surface area contributed by atoms with Crippen LogP contribution < -0.4 is 10.6 Å². The highest BCUT2D eigenvalue weighted by atomic mass is 16.1. The van der Waals surface area contributed by atoms with E-state index in [1.807, 2.05) is 24.3 Å². The van der Waals surface area contributed by atoms with Crippen molar-refractivity contribution in [3.63, 3.8) is 0 Å². The molecule has 2 aliphatic carbocycles. The van der Waals surface area contributed by atoms with Crippen LogP contribution in [0.2, 0.25) is 0 Å². The number of carbonyl (C=O) groups excluding carboxylic acids is 1. The molecule has 0 saturated heterocycles. The lowest BCUT2D eigenvalue weighted by Crippen LogP contribution is -2.13. The molecule has 1 aliphatic heterocycles. The monoisotopic (exact) mass is 235 g/mol. The summed E-state index contributed by atoms with van der Waals surface area (Å²) < 4.78 is 0. The topological polar surface area (TPSA) is 54.1 Å². The second kappa shape index (κ2) is 3.32. The largest absolute Gasteiger partial charge is 0.299 e. The molecular formula is C14H9N3O. The Morgan fingerprint density at radius 1 is 1.22 bits per heavy atom. The van der Waals surface area contributed by atoms with Gasteiger partial charge in [0, 0.05) is 18.4 Å². The van der Waals surface area contributed by atoms with Crippen LogP contribution in [0.3, 0.4) is 0 Å². The third-order valence-electron chi connectivity index (χ3n) is 3.48. The summed E-state index contributed by atoms with van der Waals surface area (Å²) in [5.41, 5.74) is 4.09. The van der Waals surface area contributed by atoms with Gasteiger partial charge in [0.25, 0.3) is 0 Å². The molecule has 0 aromatic heterocycles. The van der Waals surface area contributed by atoms with E-state index in [1.165, 1.54) is 0 Å². The quantitative estimate of drug-likeness (QED) is 0.676. The predicted octanol–water partition coefficient (Wildman–Crippen LogP) is 1.79. The Hall–Kier alpha value is -2.36.